The molecule has 0 atom stereocenters. The van der Waals surface area contributed by atoms with Gasteiger partial charge in [-0.2, -0.15) is 0 Å². The number of carbonyl (C=O) groups excluding carboxylic acids is 2. The summed E-state index contributed by atoms with van der Waals surface area (Å²) in [5.41, 5.74) is 2.06. The number of nitro groups is 1. The molecule has 0 aliphatic rings. The number of aryl methyl sites for hydroxylation is 1. The number of non-ortho nitro benzene ring substituents is 1. The average Bonchev–Trinajstić information content (AvgIpc) is 3.03. The molecular weight excluding hydrogens is 392 g/mol. The summed E-state index contributed by atoms with van der Waals surface area (Å²) < 4.78 is 6.41. The van der Waals surface area contributed by atoms with Crippen molar-refractivity contribution in [3.05, 3.63) is 68.2 Å². The third-order valence-electron chi connectivity index (χ3n) is 4.73. The number of carbonyl (C=O) groups is 2. The molecule has 0 aliphatic carbocycles. The Bertz CT molecular complexity index is 1190. The van der Waals surface area contributed by atoms with Gasteiger partial charge in [-0.05, 0) is 37.1 Å². The van der Waals surface area contributed by atoms with Crippen molar-refractivity contribution >= 4 is 34.3 Å². The third kappa shape index (κ3) is 4.22. The SMILES string of the molecule is CNC(=O)c1cccc(NC(=O)CCCn2c(=O)oc3cc([N+](=O)[O-])ccc32)c1C. The van der Waals surface area contributed by atoms with Gasteiger partial charge < -0.3 is 15.1 Å². The van der Waals surface area contributed by atoms with Crippen LogP contribution in [0.1, 0.15) is 28.8 Å². The van der Waals surface area contributed by atoms with Crippen molar-refractivity contribution < 1.29 is 18.9 Å². The highest BCUT2D eigenvalue weighted by molar-refractivity contribution is 5.99. The zero-order valence-corrected chi connectivity index (χ0v) is 16.4. The van der Waals surface area contributed by atoms with Crippen LogP contribution in [0.5, 0.6) is 0 Å². The van der Waals surface area contributed by atoms with Crippen molar-refractivity contribution in [3.63, 3.8) is 0 Å². The number of nitrogens with one attached hydrogen (secondary N) is 2. The van der Waals surface area contributed by atoms with Crippen LogP contribution in [-0.4, -0.2) is 28.4 Å². The standard InChI is InChI=1S/C20H20N4O6/c1-12-14(19(26)21-2)5-3-6-15(12)22-18(25)7-4-10-23-16-9-8-13(24(28)29)11-17(16)30-20(23)27/h3,5-6,8-9,11H,4,7,10H2,1-2H3,(H,21,26)(H,22,25). The van der Waals surface area contributed by atoms with E-state index in [4.69, 9.17) is 4.42 Å². The van der Waals surface area contributed by atoms with Gasteiger partial charge in [0.15, 0.2) is 5.58 Å². The van der Waals surface area contributed by atoms with Crippen LogP contribution in [0.3, 0.4) is 0 Å². The second-order valence-electron chi connectivity index (χ2n) is 6.64. The summed E-state index contributed by atoms with van der Waals surface area (Å²) in [4.78, 5) is 46.5. The lowest BCUT2D eigenvalue weighted by Gasteiger charge is -2.12. The molecule has 2 N–H and O–H groups in total. The van der Waals surface area contributed by atoms with E-state index in [1.165, 1.54) is 29.8 Å². The normalized spacial score (nSPS) is 10.7. The van der Waals surface area contributed by atoms with Crippen molar-refractivity contribution in [1.29, 1.82) is 0 Å². The highest BCUT2D eigenvalue weighted by atomic mass is 16.6. The Kier molecular flexibility index (Phi) is 5.95. The van der Waals surface area contributed by atoms with E-state index < -0.39 is 10.7 Å². The summed E-state index contributed by atoms with van der Waals surface area (Å²) >= 11 is 0. The molecule has 10 nitrogen and oxygen atoms in total. The van der Waals surface area contributed by atoms with E-state index in [0.717, 1.165) is 0 Å². The number of anilines is 1. The number of benzene rings is 2. The zero-order chi connectivity index (χ0) is 21.8. The Hall–Kier alpha value is -3.95. The maximum Gasteiger partial charge on any atom is 0.419 e. The van der Waals surface area contributed by atoms with Gasteiger partial charge in [0.2, 0.25) is 5.91 Å². The molecule has 0 spiro atoms. The van der Waals surface area contributed by atoms with Gasteiger partial charge in [0.05, 0.1) is 16.5 Å². The van der Waals surface area contributed by atoms with Crippen LogP contribution in [-0.2, 0) is 11.3 Å². The average molecular weight is 412 g/mol. The summed E-state index contributed by atoms with van der Waals surface area (Å²) in [5, 5.41) is 16.2. The first-order valence-electron chi connectivity index (χ1n) is 9.21. The summed E-state index contributed by atoms with van der Waals surface area (Å²) in [6.45, 7) is 1.96. The third-order valence-corrected chi connectivity index (χ3v) is 4.73. The molecule has 156 valence electrons. The number of aromatic nitrogens is 1. The Labute approximate surface area is 170 Å². The maximum absolute atomic E-state index is 12.3. The molecule has 0 fully saturated rings. The van der Waals surface area contributed by atoms with Gasteiger partial charge in [-0.15, -0.1) is 0 Å². The first-order chi connectivity index (χ1) is 14.3. The van der Waals surface area contributed by atoms with Crippen molar-refractivity contribution in [3.8, 4) is 0 Å². The number of rotatable bonds is 7. The molecule has 0 saturated carbocycles. The molecule has 10 heteroatoms. The first-order valence-corrected chi connectivity index (χ1v) is 9.21. The van der Waals surface area contributed by atoms with Gasteiger partial charge in [-0.3, -0.25) is 24.3 Å². The van der Waals surface area contributed by atoms with Gasteiger partial charge in [-0.1, -0.05) is 6.07 Å². The van der Waals surface area contributed by atoms with Crippen LogP contribution in [0.25, 0.3) is 11.1 Å². The number of nitro benzene ring substituents is 1. The van der Waals surface area contributed by atoms with Crippen LogP contribution < -0.4 is 16.4 Å². The Morgan fingerprint density at radius 3 is 2.70 bits per heavy atom. The largest absolute Gasteiger partial charge is 0.419 e. The van der Waals surface area contributed by atoms with Crippen LogP contribution in [0.2, 0.25) is 0 Å². The van der Waals surface area contributed by atoms with Crippen LogP contribution in [0.15, 0.2) is 45.6 Å². The molecule has 3 aromatic rings. The lowest BCUT2D eigenvalue weighted by Crippen LogP contribution is -2.20. The molecule has 0 saturated heterocycles. The first kappa shape index (κ1) is 20.8. The highest BCUT2D eigenvalue weighted by Crippen LogP contribution is 2.21. The quantitative estimate of drug-likeness (QED) is 0.452. The second-order valence-corrected chi connectivity index (χ2v) is 6.64. The van der Waals surface area contributed by atoms with Crippen molar-refractivity contribution in [2.75, 3.05) is 12.4 Å². The topological polar surface area (TPSA) is 136 Å². The molecule has 0 radical (unpaired) electrons. The van der Waals surface area contributed by atoms with Crippen LogP contribution in [0.4, 0.5) is 11.4 Å². The number of oxazole rings is 1. The van der Waals surface area contributed by atoms with Crippen molar-refractivity contribution in [2.24, 2.45) is 0 Å². The van der Waals surface area contributed by atoms with Crippen molar-refractivity contribution in [2.45, 2.75) is 26.3 Å². The van der Waals surface area contributed by atoms with E-state index in [0.29, 0.717) is 28.8 Å². The molecule has 2 amide bonds. The smallest absolute Gasteiger partial charge is 0.407 e. The second kappa shape index (κ2) is 8.60. The Morgan fingerprint density at radius 2 is 2.00 bits per heavy atom. The van der Waals surface area contributed by atoms with Crippen LogP contribution in [0, 0.1) is 17.0 Å². The molecule has 1 aromatic heterocycles. The molecule has 3 rings (SSSR count). The fourth-order valence-corrected chi connectivity index (χ4v) is 3.14. The van der Waals surface area contributed by atoms with Gasteiger partial charge in [0.1, 0.15) is 0 Å². The number of hydrogen-bond donors (Lipinski definition) is 2. The molecule has 0 bridgehead atoms. The summed E-state index contributed by atoms with van der Waals surface area (Å²) in [7, 11) is 1.53. The van der Waals surface area contributed by atoms with Gasteiger partial charge in [-0.25, -0.2) is 4.79 Å². The van der Waals surface area contributed by atoms with E-state index in [9.17, 15) is 24.5 Å². The Balaban J connectivity index is 1.65. The van der Waals surface area contributed by atoms with Crippen molar-refractivity contribution in [1.82, 2.24) is 9.88 Å². The summed E-state index contributed by atoms with van der Waals surface area (Å²) in [5.74, 6) is -1.14. The highest BCUT2D eigenvalue weighted by Gasteiger charge is 2.15. The van der Waals surface area contributed by atoms with Gasteiger partial charge in [0.25, 0.3) is 11.6 Å². The number of hydrogen-bond acceptors (Lipinski definition) is 6. The van der Waals surface area contributed by atoms with E-state index >= 15 is 0 Å². The van der Waals surface area contributed by atoms with Gasteiger partial charge >= 0.3 is 5.76 Å². The monoisotopic (exact) mass is 412 g/mol. The minimum Gasteiger partial charge on any atom is -0.407 e. The minimum atomic E-state index is -0.639. The van der Waals surface area contributed by atoms with E-state index in [-0.39, 0.29) is 36.1 Å². The van der Waals surface area contributed by atoms with E-state index in [1.54, 1.807) is 25.1 Å². The Morgan fingerprint density at radius 1 is 1.23 bits per heavy atom. The summed E-state index contributed by atoms with van der Waals surface area (Å²) in [6.07, 6.45) is 0.487. The number of nitrogens with zero attached hydrogens (tertiary/aromatic N) is 2. The fraction of sp³-hybridized carbons (Fsp3) is 0.250. The summed E-state index contributed by atoms with van der Waals surface area (Å²) in [6, 6.07) is 9.01. The lowest BCUT2D eigenvalue weighted by atomic mass is 10.1. The molecule has 30 heavy (non-hydrogen) atoms. The fourth-order valence-electron chi connectivity index (χ4n) is 3.14. The predicted molar refractivity (Wildman–Crippen MR) is 110 cm³/mol. The predicted octanol–water partition coefficient (Wildman–Crippen LogP) is 2.59. The minimum absolute atomic E-state index is 0.125. The lowest BCUT2D eigenvalue weighted by molar-refractivity contribution is -0.384. The molecule has 0 aliphatic heterocycles. The van der Waals surface area contributed by atoms with E-state index in [2.05, 4.69) is 10.6 Å². The van der Waals surface area contributed by atoms with E-state index in [1.807, 2.05) is 0 Å². The molecular formula is C20H20N4O6. The molecule has 0 unspecified atom stereocenters. The molecule has 1 heterocycles. The number of fused-ring (bicyclic) bond motifs is 1. The molecule has 2 aromatic carbocycles. The maximum atomic E-state index is 12.3. The van der Waals surface area contributed by atoms with Gasteiger partial charge in [0, 0.05) is 37.3 Å². The number of amides is 2. The zero-order valence-electron chi connectivity index (χ0n) is 16.4. The van der Waals surface area contributed by atoms with Crippen LogP contribution >= 0.6 is 0 Å².